The Bertz CT molecular complexity index is 205. The van der Waals surface area contributed by atoms with E-state index in [0.717, 1.165) is 13.0 Å². The van der Waals surface area contributed by atoms with Crippen molar-refractivity contribution >= 4 is 5.91 Å². The number of hydrogen-bond acceptors (Lipinski definition) is 5. The van der Waals surface area contributed by atoms with Gasteiger partial charge in [0, 0.05) is 7.05 Å². The van der Waals surface area contributed by atoms with Gasteiger partial charge in [0.2, 0.25) is 5.91 Å². The summed E-state index contributed by atoms with van der Waals surface area (Å²) in [6.07, 6.45) is 1.53. The molecule has 1 atom stereocenters. The first-order chi connectivity index (χ1) is 7.49. The Hall–Kier alpha value is -0.690. The van der Waals surface area contributed by atoms with Crippen LogP contribution in [0.1, 0.15) is 19.8 Å². The molecule has 96 valence electrons. The van der Waals surface area contributed by atoms with E-state index in [1.54, 1.807) is 7.05 Å². The van der Waals surface area contributed by atoms with E-state index < -0.39 is 6.04 Å². The molecule has 0 aromatic rings. The molecule has 6 N–H and O–H groups in total. The largest absolute Gasteiger partial charge is 0.358 e. The van der Waals surface area contributed by atoms with Crippen molar-refractivity contribution < 1.29 is 4.79 Å². The van der Waals surface area contributed by atoms with Crippen LogP contribution < -0.4 is 27.0 Å². The van der Waals surface area contributed by atoms with Crippen LogP contribution in [0.4, 0.5) is 0 Å². The van der Waals surface area contributed by atoms with Crippen LogP contribution in [-0.2, 0) is 4.79 Å². The number of carbonyl (C=O) groups excluding carboxylic acids is 1. The molecule has 0 spiro atoms. The summed E-state index contributed by atoms with van der Waals surface area (Å²) in [6.45, 7) is 2.80. The van der Waals surface area contributed by atoms with E-state index in [0.29, 0.717) is 6.42 Å². The molecule has 0 aromatic carbocycles. The average molecular weight is 231 g/mol. The number of nitrogens with one attached hydrogen (secondary N) is 4. The van der Waals surface area contributed by atoms with Gasteiger partial charge < -0.3 is 11.1 Å². The lowest BCUT2D eigenvalue weighted by atomic mass is 10.1. The van der Waals surface area contributed by atoms with E-state index in [2.05, 4.69) is 21.3 Å². The van der Waals surface area contributed by atoms with Crippen LogP contribution in [0.25, 0.3) is 0 Å². The monoisotopic (exact) mass is 231 g/mol. The minimum absolute atomic E-state index is 0.106. The zero-order valence-electron chi connectivity index (χ0n) is 10.7. The maximum atomic E-state index is 11.1. The first-order valence-electron chi connectivity index (χ1n) is 5.59. The Morgan fingerprint density at radius 1 is 1.31 bits per heavy atom. The minimum atomic E-state index is -0.415. The quantitative estimate of drug-likeness (QED) is 0.260. The molecule has 0 aromatic heterocycles. The second kappa shape index (κ2) is 7.56. The fourth-order valence-corrected chi connectivity index (χ4v) is 1.28. The van der Waals surface area contributed by atoms with Crippen molar-refractivity contribution in [3.8, 4) is 0 Å². The lowest BCUT2D eigenvalue weighted by Crippen LogP contribution is -2.62. The van der Waals surface area contributed by atoms with Crippen molar-refractivity contribution in [3.05, 3.63) is 0 Å². The van der Waals surface area contributed by atoms with Gasteiger partial charge in [-0.1, -0.05) is 0 Å². The van der Waals surface area contributed by atoms with E-state index >= 15 is 0 Å². The standard InChI is InChI=1S/C10H25N5O/c1-10(13-3,14-4)15-7-5-6-8(11)9(16)12-2/h8,13-15H,5-7,11H2,1-4H3,(H,12,16). The smallest absolute Gasteiger partial charge is 0.236 e. The molecule has 0 aliphatic heterocycles. The zero-order chi connectivity index (χ0) is 12.6. The van der Waals surface area contributed by atoms with Gasteiger partial charge in [-0.05, 0) is 40.4 Å². The molecule has 0 aliphatic rings. The highest BCUT2D eigenvalue weighted by Crippen LogP contribution is 1.96. The Morgan fingerprint density at radius 3 is 2.31 bits per heavy atom. The molecule has 1 unspecified atom stereocenters. The molecule has 0 saturated heterocycles. The number of amides is 1. The molecular weight excluding hydrogens is 206 g/mol. The highest BCUT2D eigenvalue weighted by molar-refractivity contribution is 5.81. The molecule has 0 rings (SSSR count). The van der Waals surface area contributed by atoms with Crippen LogP contribution in [0, 0.1) is 0 Å². The van der Waals surface area contributed by atoms with E-state index in [9.17, 15) is 4.79 Å². The summed E-state index contributed by atoms with van der Waals surface area (Å²) in [7, 11) is 5.35. The van der Waals surface area contributed by atoms with Crippen molar-refractivity contribution in [1.82, 2.24) is 21.3 Å². The van der Waals surface area contributed by atoms with Crippen LogP contribution in [-0.4, -0.2) is 45.4 Å². The summed E-state index contributed by atoms with van der Waals surface area (Å²) >= 11 is 0. The summed E-state index contributed by atoms with van der Waals surface area (Å²) in [5, 5.41) is 12.1. The summed E-state index contributed by atoms with van der Waals surface area (Å²) in [4.78, 5) is 11.1. The van der Waals surface area contributed by atoms with Gasteiger partial charge in [-0.15, -0.1) is 0 Å². The fourth-order valence-electron chi connectivity index (χ4n) is 1.28. The topological polar surface area (TPSA) is 91.2 Å². The highest BCUT2D eigenvalue weighted by Gasteiger charge is 2.17. The first-order valence-corrected chi connectivity index (χ1v) is 5.59. The lowest BCUT2D eigenvalue weighted by molar-refractivity contribution is -0.122. The third-order valence-electron chi connectivity index (χ3n) is 2.75. The second-order valence-corrected chi connectivity index (χ2v) is 3.91. The number of carbonyl (C=O) groups is 1. The Balaban J connectivity index is 3.71. The Labute approximate surface area is 97.7 Å². The molecule has 0 aliphatic carbocycles. The third kappa shape index (κ3) is 5.41. The second-order valence-electron chi connectivity index (χ2n) is 3.91. The normalized spacial score (nSPS) is 13.6. The summed E-state index contributed by atoms with van der Waals surface area (Å²) in [6, 6.07) is -0.415. The Morgan fingerprint density at radius 2 is 1.88 bits per heavy atom. The molecular formula is C10H25N5O. The van der Waals surface area contributed by atoms with Crippen LogP contribution in [0.15, 0.2) is 0 Å². The van der Waals surface area contributed by atoms with Gasteiger partial charge in [-0.2, -0.15) is 0 Å². The van der Waals surface area contributed by atoms with Gasteiger partial charge in [-0.3, -0.25) is 20.7 Å². The molecule has 0 saturated carbocycles. The Kier molecular flexibility index (Phi) is 7.24. The van der Waals surface area contributed by atoms with Crippen molar-refractivity contribution in [2.24, 2.45) is 5.73 Å². The van der Waals surface area contributed by atoms with Crippen LogP contribution >= 0.6 is 0 Å². The predicted molar refractivity (Wildman–Crippen MR) is 65.8 cm³/mol. The lowest BCUT2D eigenvalue weighted by Gasteiger charge is -2.30. The predicted octanol–water partition coefficient (Wildman–Crippen LogP) is -1.46. The SMILES string of the molecule is CNC(=O)C(N)CCCNC(C)(NC)NC. The number of likely N-dealkylation sites (N-methyl/N-ethyl adjacent to an activating group) is 1. The summed E-state index contributed by atoms with van der Waals surface area (Å²) in [5.74, 6) is -0.387. The van der Waals surface area contributed by atoms with Crippen molar-refractivity contribution in [2.75, 3.05) is 27.7 Å². The number of hydrogen-bond donors (Lipinski definition) is 5. The molecule has 6 heteroatoms. The van der Waals surface area contributed by atoms with Crippen molar-refractivity contribution in [2.45, 2.75) is 31.6 Å². The van der Waals surface area contributed by atoms with Gasteiger partial charge in [-0.25, -0.2) is 0 Å². The van der Waals surface area contributed by atoms with Crippen molar-refractivity contribution in [1.29, 1.82) is 0 Å². The van der Waals surface area contributed by atoms with Gasteiger partial charge in [0.15, 0.2) is 0 Å². The maximum Gasteiger partial charge on any atom is 0.236 e. The van der Waals surface area contributed by atoms with Gasteiger partial charge in [0.05, 0.1) is 6.04 Å². The van der Waals surface area contributed by atoms with Gasteiger partial charge in [0.1, 0.15) is 5.79 Å². The average Bonchev–Trinajstić information content (AvgIpc) is 2.32. The molecule has 1 amide bonds. The van der Waals surface area contributed by atoms with E-state index in [4.69, 9.17) is 5.73 Å². The molecule has 0 heterocycles. The van der Waals surface area contributed by atoms with Gasteiger partial charge >= 0.3 is 0 Å². The fraction of sp³-hybridized carbons (Fsp3) is 0.900. The third-order valence-corrected chi connectivity index (χ3v) is 2.75. The minimum Gasteiger partial charge on any atom is -0.358 e. The zero-order valence-corrected chi connectivity index (χ0v) is 10.7. The molecule has 0 radical (unpaired) electrons. The maximum absolute atomic E-state index is 11.1. The summed E-state index contributed by atoms with van der Waals surface area (Å²) in [5.41, 5.74) is 5.67. The van der Waals surface area contributed by atoms with Crippen molar-refractivity contribution in [3.63, 3.8) is 0 Å². The van der Waals surface area contributed by atoms with Crippen LogP contribution in [0.2, 0.25) is 0 Å². The highest BCUT2D eigenvalue weighted by atomic mass is 16.2. The number of rotatable bonds is 8. The molecule has 6 nitrogen and oxygen atoms in total. The molecule has 16 heavy (non-hydrogen) atoms. The first kappa shape index (κ1) is 15.3. The van der Waals surface area contributed by atoms with Crippen LogP contribution in [0.3, 0.4) is 0 Å². The van der Waals surface area contributed by atoms with E-state index in [1.807, 2.05) is 21.0 Å². The molecule has 0 fully saturated rings. The van der Waals surface area contributed by atoms with E-state index in [1.165, 1.54) is 0 Å². The van der Waals surface area contributed by atoms with E-state index in [-0.39, 0.29) is 11.7 Å². The summed E-state index contributed by atoms with van der Waals surface area (Å²) < 4.78 is 0. The van der Waals surface area contributed by atoms with Crippen LogP contribution in [0.5, 0.6) is 0 Å². The number of nitrogens with two attached hydrogens (primary N) is 1. The van der Waals surface area contributed by atoms with Gasteiger partial charge in [0.25, 0.3) is 0 Å². The molecule has 0 bridgehead atoms.